The third kappa shape index (κ3) is 3.91. The van der Waals surface area contributed by atoms with Crippen molar-refractivity contribution < 1.29 is 0 Å². The van der Waals surface area contributed by atoms with Gasteiger partial charge in [0, 0.05) is 0 Å². The molecule has 1 aromatic rings. The maximum absolute atomic E-state index is 5.55. The fourth-order valence-corrected chi connectivity index (χ4v) is 1.38. The summed E-state index contributed by atoms with van der Waals surface area (Å²) < 4.78 is 0. The van der Waals surface area contributed by atoms with Crippen LogP contribution in [0.3, 0.4) is 0 Å². The van der Waals surface area contributed by atoms with Gasteiger partial charge in [-0.2, -0.15) is 0 Å². The van der Waals surface area contributed by atoms with E-state index in [1.54, 1.807) is 0 Å². The molecule has 2 N–H and O–H groups in total. The molecule has 0 spiro atoms. The summed E-state index contributed by atoms with van der Waals surface area (Å²) in [6.07, 6.45) is 10.6. The zero-order chi connectivity index (χ0) is 11.1. The molecular formula is C14H17N. The summed E-state index contributed by atoms with van der Waals surface area (Å²) in [6.45, 7) is 2.20. The van der Waals surface area contributed by atoms with Crippen molar-refractivity contribution in [3.63, 3.8) is 0 Å². The Hall–Kier alpha value is -1.68. The second-order valence-corrected chi connectivity index (χ2v) is 3.59. The highest BCUT2D eigenvalue weighted by Crippen LogP contribution is 2.09. The quantitative estimate of drug-likeness (QED) is 0.741. The molecule has 0 bridgehead atoms. The van der Waals surface area contributed by atoms with E-state index in [-0.39, 0.29) is 0 Å². The van der Waals surface area contributed by atoms with Gasteiger partial charge in [-0.3, -0.25) is 0 Å². The molecule has 0 aliphatic heterocycles. The van der Waals surface area contributed by atoms with Gasteiger partial charge in [0.15, 0.2) is 0 Å². The van der Waals surface area contributed by atoms with Crippen LogP contribution in [0.25, 0.3) is 6.08 Å². The number of terminal acetylenes is 1. The smallest absolute Gasteiger partial charge is 0.0830 e. The SMILES string of the molecule is C#C/C(N)=C\c1ccc(CCCC)cc1. The Morgan fingerprint density at radius 3 is 2.60 bits per heavy atom. The van der Waals surface area contributed by atoms with Gasteiger partial charge in [0.25, 0.3) is 0 Å². The fourth-order valence-electron chi connectivity index (χ4n) is 1.38. The second kappa shape index (κ2) is 5.93. The number of hydrogen-bond donors (Lipinski definition) is 1. The Balaban J connectivity index is 2.69. The Labute approximate surface area is 92.0 Å². The largest absolute Gasteiger partial charge is 0.392 e. The van der Waals surface area contributed by atoms with Gasteiger partial charge in [0.1, 0.15) is 0 Å². The summed E-state index contributed by atoms with van der Waals surface area (Å²) in [5.41, 5.74) is 8.45. The highest BCUT2D eigenvalue weighted by molar-refractivity contribution is 5.56. The summed E-state index contributed by atoms with van der Waals surface area (Å²) in [5.74, 6) is 2.40. The third-order valence-electron chi connectivity index (χ3n) is 2.29. The number of benzene rings is 1. The molecule has 1 nitrogen and oxygen atoms in total. The molecule has 0 atom stereocenters. The lowest BCUT2D eigenvalue weighted by atomic mass is 10.1. The first-order valence-corrected chi connectivity index (χ1v) is 5.29. The minimum Gasteiger partial charge on any atom is -0.392 e. The van der Waals surface area contributed by atoms with Crippen molar-refractivity contribution >= 4 is 6.08 Å². The normalized spacial score (nSPS) is 11.1. The number of aryl methyl sites for hydroxylation is 1. The molecule has 1 rings (SSSR count). The van der Waals surface area contributed by atoms with E-state index >= 15 is 0 Å². The molecule has 0 aliphatic carbocycles. The Bertz CT molecular complexity index is 365. The Morgan fingerprint density at radius 1 is 1.40 bits per heavy atom. The minimum absolute atomic E-state index is 0.469. The molecule has 0 saturated carbocycles. The van der Waals surface area contributed by atoms with Gasteiger partial charge in [-0.25, -0.2) is 0 Å². The van der Waals surface area contributed by atoms with E-state index in [0.717, 1.165) is 12.0 Å². The molecule has 0 fully saturated rings. The molecule has 0 saturated heterocycles. The molecule has 0 aromatic heterocycles. The van der Waals surface area contributed by atoms with E-state index in [1.165, 1.54) is 18.4 Å². The second-order valence-electron chi connectivity index (χ2n) is 3.59. The first-order chi connectivity index (χ1) is 7.26. The van der Waals surface area contributed by atoms with Gasteiger partial charge in [0.05, 0.1) is 5.70 Å². The van der Waals surface area contributed by atoms with E-state index in [4.69, 9.17) is 12.2 Å². The molecule has 1 aromatic carbocycles. The van der Waals surface area contributed by atoms with Crippen LogP contribution in [0.5, 0.6) is 0 Å². The van der Waals surface area contributed by atoms with Gasteiger partial charge >= 0.3 is 0 Å². The molecule has 15 heavy (non-hydrogen) atoms. The molecule has 1 heteroatoms. The van der Waals surface area contributed by atoms with Crippen LogP contribution in [-0.4, -0.2) is 0 Å². The minimum atomic E-state index is 0.469. The van der Waals surface area contributed by atoms with E-state index in [9.17, 15) is 0 Å². The van der Waals surface area contributed by atoms with Crippen LogP contribution in [0.15, 0.2) is 30.0 Å². The molecular weight excluding hydrogens is 182 g/mol. The van der Waals surface area contributed by atoms with Crippen molar-refractivity contribution in [3.05, 3.63) is 41.1 Å². The van der Waals surface area contributed by atoms with Crippen LogP contribution in [-0.2, 0) is 6.42 Å². The van der Waals surface area contributed by atoms with E-state index in [0.29, 0.717) is 5.70 Å². The molecule has 0 heterocycles. The van der Waals surface area contributed by atoms with Crippen LogP contribution < -0.4 is 5.73 Å². The molecule has 0 aliphatic rings. The van der Waals surface area contributed by atoms with Crippen molar-refractivity contribution in [1.29, 1.82) is 0 Å². The lowest BCUT2D eigenvalue weighted by molar-refractivity contribution is 0.795. The number of rotatable bonds is 4. The first-order valence-electron chi connectivity index (χ1n) is 5.29. The Kier molecular flexibility index (Phi) is 4.50. The van der Waals surface area contributed by atoms with Crippen molar-refractivity contribution in [2.75, 3.05) is 0 Å². The van der Waals surface area contributed by atoms with Crippen molar-refractivity contribution in [1.82, 2.24) is 0 Å². The molecule has 0 amide bonds. The predicted octanol–water partition coefficient (Wildman–Crippen LogP) is 2.96. The summed E-state index contributed by atoms with van der Waals surface area (Å²) >= 11 is 0. The summed E-state index contributed by atoms with van der Waals surface area (Å²) in [4.78, 5) is 0. The van der Waals surface area contributed by atoms with Crippen LogP contribution in [0.1, 0.15) is 30.9 Å². The summed E-state index contributed by atoms with van der Waals surface area (Å²) in [6, 6.07) is 8.36. The number of nitrogens with two attached hydrogens (primary N) is 1. The van der Waals surface area contributed by atoms with E-state index in [2.05, 4.69) is 37.1 Å². The number of hydrogen-bond acceptors (Lipinski definition) is 1. The fraction of sp³-hybridized carbons (Fsp3) is 0.286. The lowest BCUT2D eigenvalue weighted by Gasteiger charge is -2.00. The average molecular weight is 199 g/mol. The average Bonchev–Trinajstić information content (AvgIpc) is 2.28. The van der Waals surface area contributed by atoms with E-state index in [1.807, 2.05) is 6.08 Å². The maximum atomic E-state index is 5.55. The topological polar surface area (TPSA) is 26.0 Å². The van der Waals surface area contributed by atoms with Gasteiger partial charge in [-0.05, 0) is 30.0 Å². The van der Waals surface area contributed by atoms with Crippen molar-refractivity contribution in [2.45, 2.75) is 26.2 Å². The van der Waals surface area contributed by atoms with Crippen molar-refractivity contribution in [2.24, 2.45) is 5.73 Å². The lowest BCUT2D eigenvalue weighted by Crippen LogP contribution is -1.92. The van der Waals surface area contributed by atoms with E-state index < -0.39 is 0 Å². The monoisotopic (exact) mass is 199 g/mol. The molecule has 0 unspecified atom stereocenters. The predicted molar refractivity (Wildman–Crippen MR) is 66.1 cm³/mol. The number of allylic oxidation sites excluding steroid dienone is 1. The number of unbranched alkanes of at least 4 members (excludes halogenated alkanes) is 1. The van der Waals surface area contributed by atoms with Gasteiger partial charge in [0.2, 0.25) is 0 Å². The highest BCUT2D eigenvalue weighted by atomic mass is 14.5. The van der Waals surface area contributed by atoms with Gasteiger partial charge in [-0.15, -0.1) is 6.42 Å². The third-order valence-corrected chi connectivity index (χ3v) is 2.29. The van der Waals surface area contributed by atoms with Crippen molar-refractivity contribution in [3.8, 4) is 12.3 Å². The van der Waals surface area contributed by atoms with Gasteiger partial charge < -0.3 is 5.73 Å². The zero-order valence-corrected chi connectivity index (χ0v) is 9.16. The van der Waals surface area contributed by atoms with Crippen LogP contribution in [0.2, 0.25) is 0 Å². The first kappa shape index (κ1) is 11.4. The van der Waals surface area contributed by atoms with Crippen LogP contribution in [0, 0.1) is 12.3 Å². The van der Waals surface area contributed by atoms with Crippen LogP contribution >= 0.6 is 0 Å². The summed E-state index contributed by atoms with van der Waals surface area (Å²) in [7, 11) is 0. The summed E-state index contributed by atoms with van der Waals surface area (Å²) in [5, 5.41) is 0. The van der Waals surface area contributed by atoms with Crippen LogP contribution in [0.4, 0.5) is 0 Å². The standard InChI is InChI=1S/C14H17N/c1-3-5-6-12-7-9-13(10-8-12)11-14(15)4-2/h2,7-11H,3,5-6,15H2,1H3/b14-11+. The molecule has 78 valence electrons. The zero-order valence-electron chi connectivity index (χ0n) is 9.16. The maximum Gasteiger partial charge on any atom is 0.0830 e. The molecule has 0 radical (unpaired) electrons. The van der Waals surface area contributed by atoms with Gasteiger partial charge in [-0.1, -0.05) is 43.5 Å². The highest BCUT2D eigenvalue weighted by Gasteiger charge is 1.93. The Morgan fingerprint density at radius 2 is 2.07 bits per heavy atom.